The van der Waals surface area contributed by atoms with Crippen molar-refractivity contribution in [1.82, 2.24) is 0 Å². The highest BCUT2D eigenvalue weighted by Crippen LogP contribution is 2.45. The Morgan fingerprint density at radius 1 is 0.296 bits per heavy atom. The molecule has 0 aromatic heterocycles. The van der Waals surface area contributed by atoms with Gasteiger partial charge in [0, 0.05) is 25.7 Å². The lowest BCUT2D eigenvalue weighted by Crippen LogP contribution is -2.30. The van der Waals surface area contributed by atoms with Crippen LogP contribution in [0.25, 0.3) is 0 Å². The molecule has 5 atom stereocenters. The van der Waals surface area contributed by atoms with E-state index in [4.69, 9.17) is 37.0 Å². The van der Waals surface area contributed by atoms with E-state index < -0.39 is 97.5 Å². The normalized spacial score (nSPS) is 14.4. The molecule has 0 heterocycles. The van der Waals surface area contributed by atoms with Crippen LogP contribution >= 0.6 is 15.6 Å². The molecule has 3 N–H and O–H groups in total. The number of hydrogen-bond acceptors (Lipinski definition) is 15. The summed E-state index contributed by atoms with van der Waals surface area (Å²) in [5.41, 5.74) is 0. The minimum Gasteiger partial charge on any atom is -0.462 e. The van der Waals surface area contributed by atoms with E-state index in [0.717, 1.165) is 122 Å². The molecule has 0 aliphatic rings. The van der Waals surface area contributed by atoms with Gasteiger partial charge in [-0.2, -0.15) is 0 Å². The second-order valence-electron chi connectivity index (χ2n) is 26.0. The maximum Gasteiger partial charge on any atom is 0.472 e. The highest BCUT2D eigenvalue weighted by Gasteiger charge is 2.30. The van der Waals surface area contributed by atoms with Crippen molar-refractivity contribution in [2.45, 2.75) is 354 Å². The molecule has 0 aliphatic heterocycles. The predicted molar refractivity (Wildman–Crippen MR) is 399 cm³/mol. The summed E-state index contributed by atoms with van der Waals surface area (Å²) in [7, 11) is -9.96. The number of aliphatic hydroxyl groups excluding tert-OH is 1. The smallest absolute Gasteiger partial charge is 0.462 e. The molecule has 17 nitrogen and oxygen atoms in total. The first-order valence-electron chi connectivity index (χ1n) is 38.8. The van der Waals surface area contributed by atoms with Gasteiger partial charge in [-0.25, -0.2) is 9.13 Å². The van der Waals surface area contributed by atoms with Gasteiger partial charge in [0.1, 0.15) is 19.3 Å². The number of hydrogen-bond donors (Lipinski definition) is 3. The largest absolute Gasteiger partial charge is 0.472 e. The van der Waals surface area contributed by atoms with Crippen LogP contribution in [0.3, 0.4) is 0 Å². The fraction of sp³-hybridized carbons (Fsp3) is 0.772. The first-order valence-corrected chi connectivity index (χ1v) is 41.8. The third-order valence-corrected chi connectivity index (χ3v) is 18.3. The van der Waals surface area contributed by atoms with Crippen LogP contribution < -0.4 is 0 Å². The zero-order valence-electron chi connectivity index (χ0n) is 62.0. The average molecular weight is 1420 g/mol. The molecule has 0 amide bonds. The third-order valence-electron chi connectivity index (χ3n) is 16.4. The van der Waals surface area contributed by atoms with Gasteiger partial charge in [0.15, 0.2) is 12.2 Å². The van der Waals surface area contributed by atoms with Gasteiger partial charge in [0.2, 0.25) is 0 Å². The van der Waals surface area contributed by atoms with E-state index in [1.54, 1.807) is 0 Å². The van der Waals surface area contributed by atoms with Crippen LogP contribution in [-0.2, 0) is 65.4 Å². The van der Waals surface area contributed by atoms with Crippen molar-refractivity contribution in [1.29, 1.82) is 0 Å². The zero-order chi connectivity index (χ0) is 71.8. The Morgan fingerprint density at radius 2 is 0.541 bits per heavy atom. The summed E-state index contributed by atoms with van der Waals surface area (Å²) in [5.74, 6) is -2.25. The highest BCUT2D eigenvalue weighted by atomic mass is 31.2. The maximum atomic E-state index is 13.1. The Morgan fingerprint density at radius 3 is 0.908 bits per heavy atom. The highest BCUT2D eigenvalue weighted by molar-refractivity contribution is 7.47. The molecule has 0 rings (SSSR count). The number of ether oxygens (including phenoxy) is 4. The Kier molecular flexibility index (Phi) is 68.9. The van der Waals surface area contributed by atoms with Gasteiger partial charge >= 0.3 is 39.5 Å². The van der Waals surface area contributed by atoms with Crippen LogP contribution in [0.5, 0.6) is 0 Å². The molecular formula is C79H140O17P2. The lowest BCUT2D eigenvalue weighted by atomic mass is 10.0. The van der Waals surface area contributed by atoms with Gasteiger partial charge in [-0.05, 0) is 116 Å². The number of rotatable bonds is 73. The lowest BCUT2D eigenvalue weighted by molar-refractivity contribution is -0.161. The van der Waals surface area contributed by atoms with Crippen molar-refractivity contribution in [3.05, 3.63) is 85.1 Å². The van der Waals surface area contributed by atoms with Crippen molar-refractivity contribution in [3.63, 3.8) is 0 Å². The van der Waals surface area contributed by atoms with Crippen molar-refractivity contribution in [2.24, 2.45) is 0 Å². The summed E-state index contributed by atoms with van der Waals surface area (Å²) in [4.78, 5) is 72.8. The Balaban J connectivity index is 5.40. The van der Waals surface area contributed by atoms with Crippen molar-refractivity contribution in [2.75, 3.05) is 39.6 Å². The summed E-state index contributed by atoms with van der Waals surface area (Å²) in [6.07, 6.45) is 72.9. The number of phosphoric acid groups is 2. The summed E-state index contributed by atoms with van der Waals surface area (Å²) in [5, 5.41) is 10.6. The minimum atomic E-state index is -4.99. The molecule has 2 unspecified atom stereocenters. The molecule has 568 valence electrons. The summed E-state index contributed by atoms with van der Waals surface area (Å²) >= 11 is 0. The number of esters is 4. The second-order valence-corrected chi connectivity index (χ2v) is 28.9. The molecule has 0 radical (unpaired) electrons. The number of carbonyl (C=O) groups is 4. The SMILES string of the molecule is CCCCC/C=C\C/C=C\C/C=C\C/C=C\CCCC(=O)O[C@H](COC(=O)CCCCCCCCCCCCCCC)COP(=O)(O)OC[C@@H](O)COP(=O)(O)OC[C@@H](COC(=O)CCCCCCC/C=C\CCCCCC)OC(=O)CCCCCCC/C=C\C=C/CCCCCC. The Hall–Kier alpha value is -3.76. The summed E-state index contributed by atoms with van der Waals surface area (Å²) in [6.45, 7) is 4.75. The van der Waals surface area contributed by atoms with Crippen molar-refractivity contribution in [3.8, 4) is 0 Å². The van der Waals surface area contributed by atoms with Crippen molar-refractivity contribution < 1.29 is 80.2 Å². The number of phosphoric ester groups is 2. The molecular weight excluding hydrogens is 1280 g/mol. The predicted octanol–water partition coefficient (Wildman–Crippen LogP) is 22.2. The van der Waals surface area contributed by atoms with Crippen LogP contribution in [0.4, 0.5) is 0 Å². The zero-order valence-corrected chi connectivity index (χ0v) is 63.7. The number of unbranched alkanes of at least 4 members (excludes halogenated alkanes) is 34. The average Bonchev–Trinajstić information content (AvgIpc) is 1.05. The standard InChI is InChI=1S/C79H140O17P2/c1-5-9-13-17-21-25-29-33-35-36-38-42-46-50-54-58-62-66-79(84)96-75(70-90-77(82)64-60-56-52-48-44-40-32-28-24-20-16-12-8-4)72-94-98(87,88)92-68-73(80)67-91-97(85,86)93-71-74(69-89-76(81)63-59-55-51-47-43-39-31-27-23-19-15-11-7-3)95-78(83)65-61-57-53-49-45-41-37-34-30-26-22-18-14-10-6-2/h21,25-27,30-31,33-35,37-38,42,50,54,73-75,80H,5-20,22-24,28-29,32,36,39-41,43-49,51-53,55-72H2,1-4H3,(H,85,86)(H,87,88)/b25-21-,30-26-,31-27-,35-33-,37-34-,42-38-,54-50-/t73-,74+,75+/m0/s1. The number of aliphatic hydroxyl groups is 1. The van der Waals surface area contributed by atoms with E-state index in [0.29, 0.717) is 32.1 Å². The second kappa shape index (κ2) is 71.6. The van der Waals surface area contributed by atoms with Gasteiger partial charge in [-0.3, -0.25) is 37.3 Å². The van der Waals surface area contributed by atoms with E-state index in [2.05, 4.69) is 101 Å². The fourth-order valence-corrected chi connectivity index (χ4v) is 12.0. The van der Waals surface area contributed by atoms with E-state index in [1.165, 1.54) is 128 Å². The van der Waals surface area contributed by atoms with Gasteiger partial charge in [0.05, 0.1) is 26.4 Å². The van der Waals surface area contributed by atoms with Crippen LogP contribution in [0, 0.1) is 0 Å². The van der Waals surface area contributed by atoms with Gasteiger partial charge < -0.3 is 33.8 Å². The molecule has 98 heavy (non-hydrogen) atoms. The molecule has 0 spiro atoms. The van der Waals surface area contributed by atoms with Crippen LogP contribution in [0.1, 0.15) is 336 Å². The topological polar surface area (TPSA) is 237 Å². The Labute approximate surface area is 595 Å². The Bertz CT molecular complexity index is 2190. The molecule has 0 bridgehead atoms. The molecule has 0 aromatic rings. The summed E-state index contributed by atoms with van der Waals surface area (Å²) < 4.78 is 68.4. The van der Waals surface area contributed by atoms with E-state index in [-0.39, 0.29) is 25.7 Å². The van der Waals surface area contributed by atoms with Gasteiger partial charge in [0.25, 0.3) is 0 Å². The third kappa shape index (κ3) is 70.7. The van der Waals surface area contributed by atoms with Crippen molar-refractivity contribution >= 4 is 39.5 Å². The lowest BCUT2D eigenvalue weighted by Gasteiger charge is -2.21. The molecule has 0 saturated heterocycles. The van der Waals surface area contributed by atoms with Crippen LogP contribution in [0.2, 0.25) is 0 Å². The van der Waals surface area contributed by atoms with E-state index in [9.17, 15) is 43.2 Å². The van der Waals surface area contributed by atoms with E-state index in [1.807, 2.05) is 12.2 Å². The van der Waals surface area contributed by atoms with Crippen LogP contribution in [-0.4, -0.2) is 96.7 Å². The maximum absolute atomic E-state index is 13.1. The summed E-state index contributed by atoms with van der Waals surface area (Å²) in [6, 6.07) is 0. The minimum absolute atomic E-state index is 0.0216. The number of carbonyl (C=O) groups excluding carboxylic acids is 4. The quantitative estimate of drug-likeness (QED) is 0.0128. The van der Waals surface area contributed by atoms with Gasteiger partial charge in [-0.15, -0.1) is 0 Å². The molecule has 19 heteroatoms. The van der Waals surface area contributed by atoms with Gasteiger partial charge in [-0.1, -0.05) is 280 Å². The molecule has 0 saturated carbocycles. The number of allylic oxidation sites excluding steroid dienone is 14. The molecule has 0 aliphatic carbocycles. The first kappa shape index (κ1) is 94.2. The fourth-order valence-electron chi connectivity index (χ4n) is 10.4. The monoisotopic (exact) mass is 1420 g/mol. The van der Waals surface area contributed by atoms with Crippen LogP contribution in [0.15, 0.2) is 85.1 Å². The molecule has 0 aromatic carbocycles. The molecule has 0 fully saturated rings. The first-order chi connectivity index (χ1) is 47.7. The van der Waals surface area contributed by atoms with E-state index >= 15 is 0 Å².